The van der Waals surface area contributed by atoms with Crippen LogP contribution in [0.3, 0.4) is 0 Å². The Morgan fingerprint density at radius 1 is 1.35 bits per heavy atom. The summed E-state index contributed by atoms with van der Waals surface area (Å²) in [6, 6.07) is 10.4. The third-order valence-corrected chi connectivity index (χ3v) is 5.66. The maximum absolute atomic E-state index is 13.4. The number of aromatic nitrogens is 2. The Labute approximate surface area is 186 Å². The van der Waals surface area contributed by atoms with Crippen molar-refractivity contribution in [1.29, 1.82) is 0 Å². The summed E-state index contributed by atoms with van der Waals surface area (Å²) in [5.74, 6) is 0.263. The number of nitrogens with one attached hydrogen (secondary N) is 2. The Hall–Kier alpha value is -2.96. The zero-order valence-electron chi connectivity index (χ0n) is 17.4. The maximum Gasteiger partial charge on any atom is 0.137 e. The van der Waals surface area contributed by atoms with Crippen molar-refractivity contribution >= 4 is 23.5 Å². The molecule has 160 valence electrons. The van der Waals surface area contributed by atoms with Gasteiger partial charge in [-0.1, -0.05) is 23.8 Å². The zero-order valence-corrected chi connectivity index (χ0v) is 18.2. The van der Waals surface area contributed by atoms with Crippen LogP contribution in [0.1, 0.15) is 25.5 Å². The summed E-state index contributed by atoms with van der Waals surface area (Å²) in [6.07, 6.45) is 7.99. The lowest BCUT2D eigenvalue weighted by Gasteiger charge is -2.10. The molecule has 1 aliphatic rings. The normalized spacial score (nSPS) is 17.0. The van der Waals surface area contributed by atoms with Gasteiger partial charge in [-0.3, -0.25) is 0 Å². The molecule has 4 rings (SSSR count). The highest BCUT2D eigenvalue weighted by Crippen LogP contribution is 2.26. The lowest BCUT2D eigenvalue weighted by atomic mass is 10.1. The van der Waals surface area contributed by atoms with E-state index >= 15 is 0 Å². The summed E-state index contributed by atoms with van der Waals surface area (Å²) in [4.78, 5) is 9.12. The number of hydrogen-bond acceptors (Lipinski definition) is 4. The molecule has 0 bridgehead atoms. The van der Waals surface area contributed by atoms with Gasteiger partial charge in [-0.05, 0) is 68.8 Å². The fourth-order valence-corrected chi connectivity index (χ4v) is 3.90. The summed E-state index contributed by atoms with van der Waals surface area (Å²) in [6.45, 7) is 7.63. The lowest BCUT2D eigenvalue weighted by molar-refractivity contribution is 0.628. The molecule has 0 spiro atoms. The SMILES string of the molecule is C=C(/N=C\C=C(/C)C1CCCN1)NCc1c(-c2ccc(F)cc2)nc2ccc(Cl)cn12. The summed E-state index contributed by atoms with van der Waals surface area (Å²) in [7, 11) is 0. The van der Waals surface area contributed by atoms with Crippen molar-refractivity contribution in [2.75, 3.05) is 6.54 Å². The highest BCUT2D eigenvalue weighted by molar-refractivity contribution is 6.30. The number of imidazole rings is 1. The Balaban J connectivity index is 1.53. The summed E-state index contributed by atoms with van der Waals surface area (Å²) in [5.41, 5.74) is 4.51. The van der Waals surface area contributed by atoms with E-state index in [0.717, 1.165) is 29.1 Å². The monoisotopic (exact) mass is 437 g/mol. The van der Waals surface area contributed by atoms with Crippen LogP contribution < -0.4 is 10.6 Å². The molecular formula is C24H25ClFN5. The minimum absolute atomic E-state index is 0.283. The number of rotatable bonds is 7. The minimum atomic E-state index is -0.283. The van der Waals surface area contributed by atoms with Crippen LogP contribution in [0.4, 0.5) is 4.39 Å². The third kappa shape index (κ3) is 5.03. The molecule has 1 saturated heterocycles. The first-order chi connectivity index (χ1) is 15.0. The van der Waals surface area contributed by atoms with Gasteiger partial charge in [0, 0.05) is 24.0 Å². The van der Waals surface area contributed by atoms with Crippen LogP contribution in [0, 0.1) is 5.82 Å². The molecule has 1 aromatic carbocycles. The van der Waals surface area contributed by atoms with Gasteiger partial charge in [0.15, 0.2) is 0 Å². The van der Waals surface area contributed by atoms with Gasteiger partial charge in [-0.15, -0.1) is 0 Å². The van der Waals surface area contributed by atoms with E-state index in [-0.39, 0.29) is 5.82 Å². The molecule has 2 aromatic heterocycles. The standard InChI is InChI=1S/C24H25ClFN5/c1-16(21-4-3-12-28-21)11-13-27-17(2)29-14-22-24(18-5-8-20(26)9-6-18)30-23-10-7-19(25)15-31(22)23/h5-11,13,15,21,28-29H,2-4,12,14H2,1H3/b16-11+,27-13-. The second-order valence-electron chi connectivity index (χ2n) is 7.63. The summed E-state index contributed by atoms with van der Waals surface area (Å²) in [5, 5.41) is 7.33. The van der Waals surface area contributed by atoms with E-state index < -0.39 is 0 Å². The van der Waals surface area contributed by atoms with Crippen molar-refractivity contribution in [3.05, 3.63) is 83.2 Å². The number of pyridine rings is 1. The Morgan fingerprint density at radius 3 is 2.90 bits per heavy atom. The van der Waals surface area contributed by atoms with Gasteiger partial charge in [0.1, 0.15) is 17.3 Å². The number of aliphatic imine (C=N–C) groups is 1. The molecular weight excluding hydrogens is 413 g/mol. The average molecular weight is 438 g/mol. The van der Waals surface area contributed by atoms with Gasteiger partial charge in [-0.2, -0.15) is 0 Å². The molecule has 3 aromatic rings. The number of nitrogens with zero attached hydrogens (tertiary/aromatic N) is 3. The number of benzene rings is 1. The maximum atomic E-state index is 13.4. The van der Waals surface area contributed by atoms with Crippen LogP contribution in [0.15, 0.2) is 71.6 Å². The van der Waals surface area contributed by atoms with Crippen LogP contribution in [0.5, 0.6) is 0 Å². The first kappa shape index (κ1) is 21.3. The van der Waals surface area contributed by atoms with Crippen LogP contribution in [-0.2, 0) is 6.54 Å². The smallest absolute Gasteiger partial charge is 0.137 e. The van der Waals surface area contributed by atoms with E-state index in [4.69, 9.17) is 16.6 Å². The van der Waals surface area contributed by atoms with Crippen LogP contribution >= 0.6 is 11.6 Å². The molecule has 3 heterocycles. The van der Waals surface area contributed by atoms with Crippen molar-refractivity contribution in [2.24, 2.45) is 4.99 Å². The predicted octanol–water partition coefficient (Wildman–Crippen LogP) is 5.12. The average Bonchev–Trinajstić information content (AvgIpc) is 3.41. The topological polar surface area (TPSA) is 53.7 Å². The molecule has 0 saturated carbocycles. The molecule has 1 fully saturated rings. The van der Waals surface area contributed by atoms with Crippen molar-refractivity contribution < 1.29 is 4.39 Å². The van der Waals surface area contributed by atoms with Gasteiger partial charge in [0.05, 0.1) is 23.0 Å². The molecule has 0 aliphatic carbocycles. The molecule has 0 amide bonds. The van der Waals surface area contributed by atoms with Crippen molar-refractivity contribution in [1.82, 2.24) is 20.0 Å². The van der Waals surface area contributed by atoms with E-state index in [1.54, 1.807) is 24.4 Å². The number of hydrogen-bond donors (Lipinski definition) is 2. The van der Waals surface area contributed by atoms with Crippen molar-refractivity contribution in [3.8, 4) is 11.3 Å². The Kier molecular flexibility index (Phi) is 6.49. The van der Waals surface area contributed by atoms with Gasteiger partial charge in [0.2, 0.25) is 0 Å². The van der Waals surface area contributed by atoms with Crippen molar-refractivity contribution in [2.45, 2.75) is 32.4 Å². The highest BCUT2D eigenvalue weighted by Gasteiger charge is 2.15. The molecule has 7 heteroatoms. The predicted molar refractivity (Wildman–Crippen MR) is 125 cm³/mol. The Morgan fingerprint density at radius 2 is 2.16 bits per heavy atom. The largest absolute Gasteiger partial charge is 0.365 e. The molecule has 1 aliphatic heterocycles. The van der Waals surface area contributed by atoms with Crippen molar-refractivity contribution in [3.63, 3.8) is 0 Å². The number of fused-ring (bicyclic) bond motifs is 1. The second-order valence-corrected chi connectivity index (χ2v) is 8.06. The van der Waals surface area contributed by atoms with E-state index in [1.807, 2.05) is 22.7 Å². The van der Waals surface area contributed by atoms with E-state index in [2.05, 4.69) is 29.1 Å². The van der Waals surface area contributed by atoms with E-state index in [9.17, 15) is 4.39 Å². The highest BCUT2D eigenvalue weighted by atomic mass is 35.5. The zero-order chi connectivity index (χ0) is 21.8. The first-order valence-corrected chi connectivity index (χ1v) is 10.7. The number of halogens is 2. The van der Waals surface area contributed by atoms with Crippen LogP contribution in [0.25, 0.3) is 16.9 Å². The molecule has 1 atom stereocenters. The number of allylic oxidation sites excluding steroid dienone is 1. The fourth-order valence-electron chi connectivity index (χ4n) is 3.74. The molecule has 1 unspecified atom stereocenters. The van der Waals surface area contributed by atoms with Crippen LogP contribution in [0.2, 0.25) is 5.02 Å². The molecule has 0 radical (unpaired) electrons. The van der Waals surface area contributed by atoms with Gasteiger partial charge in [0.25, 0.3) is 0 Å². The van der Waals surface area contributed by atoms with E-state index in [0.29, 0.717) is 23.4 Å². The first-order valence-electron chi connectivity index (χ1n) is 10.3. The van der Waals surface area contributed by atoms with Gasteiger partial charge in [-0.25, -0.2) is 14.4 Å². The van der Waals surface area contributed by atoms with Gasteiger partial charge < -0.3 is 15.0 Å². The quantitative estimate of drug-likeness (QED) is 0.504. The second kappa shape index (κ2) is 9.45. The molecule has 2 N–H and O–H groups in total. The lowest BCUT2D eigenvalue weighted by Crippen LogP contribution is -2.22. The van der Waals surface area contributed by atoms with E-state index in [1.165, 1.54) is 30.5 Å². The summed E-state index contributed by atoms with van der Waals surface area (Å²) >= 11 is 6.21. The Bertz CT molecular complexity index is 1140. The van der Waals surface area contributed by atoms with Crippen LogP contribution in [-0.4, -0.2) is 28.2 Å². The van der Waals surface area contributed by atoms with Gasteiger partial charge >= 0.3 is 0 Å². The molecule has 31 heavy (non-hydrogen) atoms. The summed E-state index contributed by atoms with van der Waals surface area (Å²) < 4.78 is 15.3. The molecule has 5 nitrogen and oxygen atoms in total. The fraction of sp³-hybridized carbons (Fsp3) is 0.250. The minimum Gasteiger partial charge on any atom is -0.365 e. The third-order valence-electron chi connectivity index (χ3n) is 5.44.